The Morgan fingerprint density at radius 2 is 1.67 bits per heavy atom. The summed E-state index contributed by atoms with van der Waals surface area (Å²) in [5.74, 6) is 0. The fourth-order valence-corrected chi connectivity index (χ4v) is 1.71. The second-order valence-electron chi connectivity index (χ2n) is 3.93. The summed E-state index contributed by atoms with van der Waals surface area (Å²) in [7, 11) is 0. The zero-order chi connectivity index (χ0) is 10.9. The van der Waals surface area contributed by atoms with Crippen LogP contribution in [0.3, 0.4) is 0 Å². The van der Waals surface area contributed by atoms with Crippen LogP contribution in [0.25, 0.3) is 0 Å². The largest absolute Gasteiger partial charge is 0.314 e. The molecule has 15 heavy (non-hydrogen) atoms. The van der Waals surface area contributed by atoms with Gasteiger partial charge in [0.15, 0.2) is 0 Å². The Labute approximate surface area is 92.2 Å². The van der Waals surface area contributed by atoms with Gasteiger partial charge in [0.05, 0.1) is 0 Å². The third-order valence-corrected chi connectivity index (χ3v) is 2.75. The van der Waals surface area contributed by atoms with Crippen LogP contribution in [0.2, 0.25) is 0 Å². The van der Waals surface area contributed by atoms with Crippen LogP contribution >= 0.6 is 0 Å². The Morgan fingerprint density at radius 1 is 1.07 bits per heavy atom. The van der Waals surface area contributed by atoms with Gasteiger partial charge in [0.1, 0.15) is 0 Å². The van der Waals surface area contributed by atoms with Gasteiger partial charge in [0.25, 0.3) is 0 Å². The van der Waals surface area contributed by atoms with Crippen molar-refractivity contribution in [2.45, 2.75) is 19.4 Å². The Morgan fingerprint density at radius 3 is 2.33 bits per heavy atom. The number of nitrogens with one attached hydrogen (secondary N) is 3. The maximum absolute atomic E-state index is 9.79. The first-order valence-corrected chi connectivity index (χ1v) is 5.92. The van der Waals surface area contributed by atoms with E-state index in [2.05, 4.69) is 22.9 Å². The minimum Gasteiger partial charge on any atom is -0.314 e. The highest BCUT2D eigenvalue weighted by Crippen LogP contribution is 1.99. The molecule has 0 bridgehead atoms. The Hall–Kier alpha value is -0.200. The van der Waals surface area contributed by atoms with E-state index in [1.807, 2.05) is 0 Å². The molecule has 5 heteroatoms. The molecule has 1 heterocycles. The van der Waals surface area contributed by atoms with Gasteiger partial charge in [0.2, 0.25) is 0 Å². The summed E-state index contributed by atoms with van der Waals surface area (Å²) in [5, 5.41) is 21.2. The van der Waals surface area contributed by atoms with Gasteiger partial charge in [-0.25, -0.2) is 0 Å². The molecular formula is C10H24N4O. The first-order valence-electron chi connectivity index (χ1n) is 5.92. The number of hydrogen-bond acceptors (Lipinski definition) is 5. The van der Waals surface area contributed by atoms with E-state index in [0.29, 0.717) is 6.54 Å². The Bertz CT molecular complexity index is 156. The van der Waals surface area contributed by atoms with Crippen LogP contribution in [0.5, 0.6) is 0 Å². The van der Waals surface area contributed by atoms with Crippen molar-refractivity contribution in [2.75, 3.05) is 45.8 Å². The van der Waals surface area contributed by atoms with Crippen molar-refractivity contribution in [3.8, 4) is 0 Å². The summed E-state index contributed by atoms with van der Waals surface area (Å²) in [6.45, 7) is 8.40. The summed E-state index contributed by atoms with van der Waals surface area (Å²) >= 11 is 0. The molecule has 1 unspecified atom stereocenters. The summed E-state index contributed by atoms with van der Waals surface area (Å²) in [5.41, 5.74) is 0. The molecule has 1 aliphatic heterocycles. The van der Waals surface area contributed by atoms with Crippen molar-refractivity contribution in [3.05, 3.63) is 0 Å². The molecule has 1 aliphatic rings. The van der Waals surface area contributed by atoms with Crippen LogP contribution in [0.1, 0.15) is 13.3 Å². The lowest BCUT2D eigenvalue weighted by molar-refractivity contribution is -0.125. The van der Waals surface area contributed by atoms with Crippen LogP contribution in [0, 0.1) is 0 Å². The molecule has 90 valence electrons. The molecular weight excluding hydrogens is 192 g/mol. The maximum atomic E-state index is 9.79. The highest BCUT2D eigenvalue weighted by Gasteiger charge is 2.13. The molecule has 1 fully saturated rings. The van der Waals surface area contributed by atoms with Crippen LogP contribution in [-0.4, -0.2) is 62.1 Å². The minimum absolute atomic E-state index is 0.228. The predicted octanol–water partition coefficient (Wildman–Crippen LogP) is -0.761. The first kappa shape index (κ1) is 12.9. The molecule has 0 aromatic carbocycles. The molecule has 5 nitrogen and oxygen atoms in total. The van der Waals surface area contributed by atoms with E-state index in [1.54, 1.807) is 0 Å². The average Bonchev–Trinajstić information content (AvgIpc) is 2.23. The van der Waals surface area contributed by atoms with Gasteiger partial charge in [-0.05, 0) is 6.42 Å². The molecule has 0 saturated carbocycles. The van der Waals surface area contributed by atoms with Gasteiger partial charge in [-0.3, -0.25) is 0 Å². The lowest BCUT2D eigenvalue weighted by Crippen LogP contribution is -2.46. The monoisotopic (exact) mass is 216 g/mol. The van der Waals surface area contributed by atoms with E-state index < -0.39 is 0 Å². The molecule has 0 amide bonds. The highest BCUT2D eigenvalue weighted by molar-refractivity contribution is 4.69. The van der Waals surface area contributed by atoms with Crippen LogP contribution in [0.15, 0.2) is 0 Å². The zero-order valence-electron chi connectivity index (χ0n) is 9.63. The predicted molar refractivity (Wildman–Crippen MR) is 61.2 cm³/mol. The molecule has 0 spiro atoms. The van der Waals surface area contributed by atoms with Gasteiger partial charge in [-0.15, -0.1) is 0 Å². The number of nitrogens with zero attached hydrogens (tertiary/aromatic N) is 1. The molecule has 1 saturated heterocycles. The Kier molecular flexibility index (Phi) is 6.87. The molecule has 0 aliphatic carbocycles. The standard InChI is InChI=1S/C10H24N4O/c1-2-10-9-13-6-5-11-3-4-12-7-8-14(10)15/h10-13,15H,2-9H2,1H3. The zero-order valence-corrected chi connectivity index (χ0v) is 9.63. The minimum atomic E-state index is 0.228. The molecule has 0 aromatic heterocycles. The topological polar surface area (TPSA) is 59.6 Å². The fraction of sp³-hybridized carbons (Fsp3) is 1.00. The van der Waals surface area contributed by atoms with Gasteiger partial charge in [-0.2, -0.15) is 5.06 Å². The first-order chi connectivity index (χ1) is 7.34. The number of hydroxylamine groups is 2. The number of rotatable bonds is 1. The second-order valence-corrected chi connectivity index (χ2v) is 3.93. The van der Waals surface area contributed by atoms with Crippen LogP contribution < -0.4 is 16.0 Å². The van der Waals surface area contributed by atoms with Gasteiger partial charge in [-0.1, -0.05) is 6.92 Å². The molecule has 1 rings (SSSR count). The third kappa shape index (κ3) is 5.44. The molecule has 0 aromatic rings. The van der Waals surface area contributed by atoms with Crippen molar-refractivity contribution in [1.29, 1.82) is 0 Å². The lowest BCUT2D eigenvalue weighted by atomic mass is 10.2. The highest BCUT2D eigenvalue weighted by atomic mass is 16.5. The lowest BCUT2D eigenvalue weighted by Gasteiger charge is -2.26. The van der Waals surface area contributed by atoms with E-state index in [1.165, 1.54) is 5.06 Å². The summed E-state index contributed by atoms with van der Waals surface area (Å²) in [6.07, 6.45) is 0.969. The Balaban J connectivity index is 2.30. The molecule has 1 atom stereocenters. The number of hydrogen-bond donors (Lipinski definition) is 4. The van der Waals surface area contributed by atoms with Crippen molar-refractivity contribution >= 4 is 0 Å². The van der Waals surface area contributed by atoms with Crippen molar-refractivity contribution in [2.24, 2.45) is 0 Å². The van der Waals surface area contributed by atoms with Crippen LogP contribution in [-0.2, 0) is 0 Å². The summed E-state index contributed by atoms with van der Waals surface area (Å²) in [4.78, 5) is 0. The maximum Gasteiger partial charge on any atom is 0.0472 e. The average molecular weight is 216 g/mol. The SMILES string of the molecule is CCC1CNCCNCCNCCN1O. The third-order valence-electron chi connectivity index (χ3n) is 2.75. The van der Waals surface area contributed by atoms with Crippen molar-refractivity contribution in [3.63, 3.8) is 0 Å². The molecule has 0 radical (unpaired) electrons. The quantitative estimate of drug-likeness (QED) is 0.464. The fourth-order valence-electron chi connectivity index (χ4n) is 1.71. The van der Waals surface area contributed by atoms with Crippen LogP contribution in [0.4, 0.5) is 0 Å². The molecule has 4 N–H and O–H groups in total. The van der Waals surface area contributed by atoms with Crippen molar-refractivity contribution < 1.29 is 5.21 Å². The van der Waals surface area contributed by atoms with Gasteiger partial charge in [0, 0.05) is 51.9 Å². The summed E-state index contributed by atoms with van der Waals surface area (Å²) < 4.78 is 0. The van der Waals surface area contributed by atoms with E-state index in [9.17, 15) is 5.21 Å². The second kappa shape index (κ2) is 8.01. The van der Waals surface area contributed by atoms with Gasteiger partial charge < -0.3 is 21.2 Å². The normalized spacial score (nSPS) is 28.0. The van der Waals surface area contributed by atoms with Gasteiger partial charge >= 0.3 is 0 Å². The van der Waals surface area contributed by atoms with E-state index >= 15 is 0 Å². The smallest absolute Gasteiger partial charge is 0.0472 e. The van der Waals surface area contributed by atoms with E-state index in [0.717, 1.165) is 45.7 Å². The summed E-state index contributed by atoms with van der Waals surface area (Å²) in [6, 6.07) is 0.228. The van der Waals surface area contributed by atoms with E-state index in [4.69, 9.17) is 0 Å². The van der Waals surface area contributed by atoms with E-state index in [-0.39, 0.29) is 6.04 Å². The van der Waals surface area contributed by atoms with Crippen molar-refractivity contribution in [1.82, 2.24) is 21.0 Å².